The molecule has 0 saturated carbocycles. The van der Waals surface area contributed by atoms with E-state index in [2.05, 4.69) is 33.1 Å². The first-order chi connectivity index (χ1) is 17.5. The predicted molar refractivity (Wildman–Crippen MR) is 144 cm³/mol. The highest BCUT2D eigenvalue weighted by molar-refractivity contribution is 9.10. The number of nitrogens with zero attached hydrogens (tertiary/aromatic N) is 4. The Morgan fingerprint density at radius 1 is 1.14 bits per heavy atom. The highest BCUT2D eigenvalue weighted by atomic mass is 79.9. The third-order valence-corrected chi connectivity index (χ3v) is 7.20. The minimum absolute atomic E-state index is 0.209. The van der Waals surface area contributed by atoms with Crippen LogP contribution in [0.4, 0.5) is 5.69 Å². The van der Waals surface area contributed by atoms with Crippen molar-refractivity contribution in [2.75, 3.05) is 24.9 Å². The lowest BCUT2D eigenvalue weighted by atomic mass is 10.1. The van der Waals surface area contributed by atoms with Gasteiger partial charge in [-0.1, -0.05) is 72.1 Å². The molecule has 4 rings (SSSR count). The third kappa shape index (κ3) is 5.44. The minimum Gasteiger partial charge on any atom is -0.493 e. The van der Waals surface area contributed by atoms with Gasteiger partial charge in [-0.15, -0.1) is 10.2 Å². The number of thioether (sulfide) groups is 1. The molecule has 8 nitrogen and oxygen atoms in total. The summed E-state index contributed by atoms with van der Waals surface area (Å²) in [6.45, 7) is 3.69. The molecule has 10 heteroatoms. The van der Waals surface area contributed by atoms with Gasteiger partial charge in [0.25, 0.3) is 0 Å². The number of fused-ring (bicyclic) bond motifs is 3. The molecular weight excluding hydrogens is 544 g/mol. The van der Waals surface area contributed by atoms with E-state index in [9.17, 15) is 4.79 Å². The molecule has 190 valence electrons. The topological polar surface area (TPSA) is 86.7 Å². The number of benzene rings is 2. The van der Waals surface area contributed by atoms with E-state index >= 15 is 0 Å². The monoisotopic (exact) mass is 572 g/mol. The number of halogens is 1. The van der Waals surface area contributed by atoms with Crippen LogP contribution in [0.15, 0.2) is 46.0 Å². The van der Waals surface area contributed by atoms with E-state index < -0.39 is 6.23 Å². The van der Waals surface area contributed by atoms with Gasteiger partial charge >= 0.3 is 0 Å². The number of ether oxygens (including phenoxy) is 3. The fraction of sp³-hybridized carbons (Fsp3) is 0.385. The standard InChI is InChI=1S/C26H29BrN4O4S/c1-5-6-7-10-13-36-26-28-24-22(29-30-26)18-11-8-9-12-20(18)31(16(2)32)25(35-24)19-14-17(27)15-21(33-3)23(19)34-4/h8-9,11-12,14-15,25H,5-7,10,13H2,1-4H3/t25-/m1/s1. The number of methoxy groups -OCH3 is 2. The van der Waals surface area contributed by atoms with Crippen LogP contribution in [0.2, 0.25) is 0 Å². The summed E-state index contributed by atoms with van der Waals surface area (Å²) in [7, 11) is 3.12. The molecule has 0 fully saturated rings. The number of rotatable bonds is 9. The Kier molecular flexibility index (Phi) is 8.68. The number of hydrogen-bond acceptors (Lipinski definition) is 8. The Bertz CT molecular complexity index is 1240. The molecule has 0 unspecified atom stereocenters. The molecule has 0 spiro atoms. The van der Waals surface area contributed by atoms with Crippen LogP contribution < -0.4 is 19.1 Å². The lowest BCUT2D eigenvalue weighted by Crippen LogP contribution is -2.36. The number of carbonyl (C=O) groups is 1. The van der Waals surface area contributed by atoms with Crippen molar-refractivity contribution >= 4 is 39.3 Å². The van der Waals surface area contributed by atoms with Gasteiger partial charge in [0.15, 0.2) is 17.2 Å². The van der Waals surface area contributed by atoms with Gasteiger partial charge < -0.3 is 14.2 Å². The van der Waals surface area contributed by atoms with Crippen LogP contribution in [0.1, 0.15) is 51.3 Å². The van der Waals surface area contributed by atoms with Gasteiger partial charge in [0.1, 0.15) is 0 Å². The quantitative estimate of drug-likeness (QED) is 0.214. The lowest BCUT2D eigenvalue weighted by Gasteiger charge is -2.31. The van der Waals surface area contributed by atoms with E-state index in [4.69, 9.17) is 19.2 Å². The summed E-state index contributed by atoms with van der Waals surface area (Å²) >= 11 is 5.10. The molecule has 1 aliphatic heterocycles. The van der Waals surface area contributed by atoms with Crippen LogP contribution in [-0.4, -0.2) is 41.1 Å². The van der Waals surface area contributed by atoms with Crippen LogP contribution in [-0.2, 0) is 4.79 Å². The molecule has 0 saturated heterocycles. The summed E-state index contributed by atoms with van der Waals surface area (Å²) in [6.07, 6.45) is 3.77. The molecule has 0 bridgehead atoms. The van der Waals surface area contributed by atoms with Crippen molar-refractivity contribution in [1.82, 2.24) is 15.2 Å². The first-order valence-electron chi connectivity index (χ1n) is 11.8. The first-order valence-corrected chi connectivity index (χ1v) is 13.6. The van der Waals surface area contributed by atoms with Gasteiger partial charge in [-0.3, -0.25) is 9.69 Å². The predicted octanol–water partition coefficient (Wildman–Crippen LogP) is 6.43. The highest BCUT2D eigenvalue weighted by Gasteiger charge is 2.37. The van der Waals surface area contributed by atoms with Gasteiger partial charge in [0.05, 0.1) is 25.5 Å². The Balaban J connectivity index is 1.83. The second-order valence-corrected chi connectivity index (χ2v) is 10.2. The fourth-order valence-electron chi connectivity index (χ4n) is 4.15. The van der Waals surface area contributed by atoms with Crippen LogP contribution in [0.3, 0.4) is 0 Å². The molecule has 2 heterocycles. The minimum atomic E-state index is -0.884. The molecule has 3 aromatic rings. The van der Waals surface area contributed by atoms with E-state index in [-0.39, 0.29) is 5.91 Å². The molecular formula is C26H29BrN4O4S. The van der Waals surface area contributed by atoms with Crippen LogP contribution in [0.5, 0.6) is 17.4 Å². The van der Waals surface area contributed by atoms with Crippen molar-refractivity contribution < 1.29 is 19.0 Å². The van der Waals surface area contributed by atoms with Crippen molar-refractivity contribution in [3.8, 4) is 28.6 Å². The van der Waals surface area contributed by atoms with Gasteiger partial charge in [-0.2, -0.15) is 4.98 Å². The summed E-state index contributed by atoms with van der Waals surface area (Å²) in [4.78, 5) is 19.4. The maximum atomic E-state index is 13.1. The largest absolute Gasteiger partial charge is 0.493 e. The summed E-state index contributed by atoms with van der Waals surface area (Å²) < 4.78 is 18.5. The van der Waals surface area contributed by atoms with Crippen molar-refractivity contribution in [1.29, 1.82) is 0 Å². The van der Waals surface area contributed by atoms with E-state index in [1.54, 1.807) is 36.9 Å². The first kappa shape index (κ1) is 26.2. The van der Waals surface area contributed by atoms with E-state index in [0.717, 1.165) is 16.6 Å². The van der Waals surface area contributed by atoms with Crippen molar-refractivity contribution in [2.45, 2.75) is 50.9 Å². The molecule has 2 aromatic carbocycles. The van der Waals surface area contributed by atoms with E-state index in [0.29, 0.717) is 45.0 Å². The maximum Gasteiger partial charge on any atom is 0.247 e. The second-order valence-electron chi connectivity index (χ2n) is 8.26. The Labute approximate surface area is 223 Å². The molecule has 1 atom stereocenters. The summed E-state index contributed by atoms with van der Waals surface area (Å²) in [5, 5.41) is 9.39. The van der Waals surface area contributed by atoms with Crippen LogP contribution in [0.25, 0.3) is 11.3 Å². The number of carbonyl (C=O) groups excluding carboxylic acids is 1. The Morgan fingerprint density at radius 2 is 1.94 bits per heavy atom. The lowest BCUT2D eigenvalue weighted by molar-refractivity contribution is -0.118. The summed E-state index contributed by atoms with van der Waals surface area (Å²) in [5.41, 5.74) is 2.45. The number of aromatic nitrogens is 3. The average Bonchev–Trinajstić information content (AvgIpc) is 3.02. The number of para-hydroxylation sites is 1. The van der Waals surface area contributed by atoms with Crippen molar-refractivity contribution in [3.05, 3.63) is 46.4 Å². The Morgan fingerprint density at radius 3 is 2.67 bits per heavy atom. The smallest absolute Gasteiger partial charge is 0.247 e. The zero-order valence-corrected chi connectivity index (χ0v) is 23.2. The van der Waals surface area contributed by atoms with Gasteiger partial charge in [0.2, 0.25) is 23.2 Å². The molecule has 36 heavy (non-hydrogen) atoms. The molecule has 0 N–H and O–H groups in total. The number of amides is 1. The van der Waals surface area contributed by atoms with Gasteiger partial charge in [-0.25, -0.2) is 0 Å². The summed E-state index contributed by atoms with van der Waals surface area (Å²) in [5.74, 6) is 1.97. The normalized spacial score (nSPS) is 14.4. The Hall–Kier alpha value is -2.85. The molecule has 1 amide bonds. The fourth-order valence-corrected chi connectivity index (χ4v) is 5.38. The van der Waals surface area contributed by atoms with Crippen molar-refractivity contribution in [3.63, 3.8) is 0 Å². The molecule has 0 radical (unpaired) electrons. The zero-order valence-electron chi connectivity index (χ0n) is 20.8. The van der Waals surface area contributed by atoms with E-state index in [1.165, 1.54) is 26.2 Å². The number of hydrogen-bond donors (Lipinski definition) is 0. The molecule has 1 aliphatic rings. The summed E-state index contributed by atoms with van der Waals surface area (Å²) in [6, 6.07) is 11.2. The molecule has 1 aromatic heterocycles. The van der Waals surface area contributed by atoms with Crippen LogP contribution >= 0.6 is 27.7 Å². The highest BCUT2D eigenvalue weighted by Crippen LogP contribution is 2.47. The third-order valence-electron chi connectivity index (χ3n) is 5.82. The number of unbranched alkanes of at least 4 members (excludes halogenated alkanes) is 3. The number of anilines is 1. The maximum absolute atomic E-state index is 13.1. The van der Waals surface area contributed by atoms with E-state index in [1.807, 2.05) is 30.3 Å². The average molecular weight is 574 g/mol. The zero-order chi connectivity index (χ0) is 25.7. The van der Waals surface area contributed by atoms with Gasteiger partial charge in [0, 0.05) is 22.7 Å². The SMILES string of the molecule is CCCCCCSc1nnc2c(n1)O[C@H](c1cc(Br)cc(OC)c1OC)N(C(C)=O)c1ccccc1-2. The van der Waals surface area contributed by atoms with Crippen LogP contribution in [0, 0.1) is 0 Å². The van der Waals surface area contributed by atoms with Crippen molar-refractivity contribution in [2.24, 2.45) is 0 Å². The van der Waals surface area contributed by atoms with Gasteiger partial charge in [-0.05, 0) is 24.6 Å². The second kappa shape index (κ2) is 11.9. The molecule has 0 aliphatic carbocycles.